The van der Waals surface area contributed by atoms with Gasteiger partial charge in [0.15, 0.2) is 6.29 Å². The molecule has 0 radical (unpaired) electrons. The Hall–Kier alpha value is -0.120. The molecule has 0 fully saturated rings. The van der Waals surface area contributed by atoms with E-state index in [4.69, 9.17) is 14.9 Å². The van der Waals surface area contributed by atoms with E-state index in [1.54, 1.807) is 0 Å². The molecule has 0 aliphatic carbocycles. The van der Waals surface area contributed by atoms with Gasteiger partial charge in [-0.05, 0) is 6.42 Å². The summed E-state index contributed by atoms with van der Waals surface area (Å²) in [5.41, 5.74) is 0. The minimum atomic E-state index is -1.22. The Morgan fingerprint density at radius 2 is 1.91 bits per heavy atom. The van der Waals surface area contributed by atoms with Gasteiger partial charge < -0.3 is 14.9 Å². The summed E-state index contributed by atoms with van der Waals surface area (Å²) in [6.07, 6.45) is 2.53. The largest absolute Gasteiger partial charge is 0.381 e. The van der Waals surface area contributed by atoms with Crippen molar-refractivity contribution in [1.29, 1.82) is 0 Å². The number of unbranched alkanes of at least 4 members (excludes halogenated alkanes) is 2. The Morgan fingerprint density at radius 1 is 1.18 bits per heavy atom. The highest BCUT2D eigenvalue weighted by Crippen LogP contribution is 1.95. The molecule has 0 aromatic heterocycles. The number of aliphatic hydroxyl groups is 2. The molecule has 0 rings (SSSR count). The van der Waals surface area contributed by atoms with Crippen LogP contribution in [-0.2, 0) is 4.74 Å². The van der Waals surface area contributed by atoms with E-state index in [9.17, 15) is 0 Å². The summed E-state index contributed by atoms with van der Waals surface area (Å²) in [4.78, 5) is 0. The first-order valence-electron chi connectivity index (χ1n) is 4.21. The molecule has 11 heavy (non-hydrogen) atoms. The first kappa shape index (κ1) is 10.9. The third-order valence-corrected chi connectivity index (χ3v) is 1.41. The molecular weight excluding hydrogens is 144 g/mol. The SMILES string of the molecule is CCCCCOCCC(O)O. The van der Waals surface area contributed by atoms with Gasteiger partial charge in [-0.1, -0.05) is 19.8 Å². The Kier molecular flexibility index (Phi) is 7.89. The van der Waals surface area contributed by atoms with E-state index in [1.807, 2.05) is 0 Å². The Bertz CT molecular complexity index is 73.7. The zero-order valence-electron chi connectivity index (χ0n) is 7.12. The molecule has 68 valence electrons. The molecule has 0 aliphatic heterocycles. The van der Waals surface area contributed by atoms with Gasteiger partial charge in [-0.2, -0.15) is 0 Å². The predicted octanol–water partition coefficient (Wildman–Crippen LogP) is 0.894. The van der Waals surface area contributed by atoms with Crippen LogP contribution in [0.3, 0.4) is 0 Å². The van der Waals surface area contributed by atoms with Crippen molar-refractivity contribution in [3.8, 4) is 0 Å². The minimum absolute atomic E-state index is 0.312. The average Bonchev–Trinajstić information content (AvgIpc) is 1.96. The highest BCUT2D eigenvalue weighted by molar-refractivity contribution is 4.39. The third kappa shape index (κ3) is 9.88. The molecule has 2 N–H and O–H groups in total. The van der Waals surface area contributed by atoms with Crippen LogP contribution in [0.4, 0.5) is 0 Å². The van der Waals surface area contributed by atoms with Crippen molar-refractivity contribution in [2.75, 3.05) is 13.2 Å². The van der Waals surface area contributed by atoms with E-state index < -0.39 is 6.29 Å². The van der Waals surface area contributed by atoms with Gasteiger partial charge in [-0.25, -0.2) is 0 Å². The van der Waals surface area contributed by atoms with Gasteiger partial charge in [-0.15, -0.1) is 0 Å². The molecule has 0 amide bonds. The van der Waals surface area contributed by atoms with Crippen LogP contribution in [0, 0.1) is 0 Å². The topological polar surface area (TPSA) is 49.7 Å². The number of hydrogen-bond acceptors (Lipinski definition) is 3. The Balaban J connectivity index is 2.80. The van der Waals surface area contributed by atoms with Gasteiger partial charge >= 0.3 is 0 Å². The maximum Gasteiger partial charge on any atom is 0.153 e. The summed E-state index contributed by atoms with van der Waals surface area (Å²) in [5, 5.41) is 16.9. The zero-order chi connectivity index (χ0) is 8.53. The third-order valence-electron chi connectivity index (χ3n) is 1.41. The van der Waals surface area contributed by atoms with Crippen LogP contribution >= 0.6 is 0 Å². The summed E-state index contributed by atoms with van der Waals surface area (Å²) in [6, 6.07) is 0. The highest BCUT2D eigenvalue weighted by atomic mass is 16.5. The second-order valence-electron chi connectivity index (χ2n) is 2.59. The molecule has 0 saturated heterocycles. The monoisotopic (exact) mass is 162 g/mol. The van der Waals surface area contributed by atoms with Crippen molar-refractivity contribution in [2.45, 2.75) is 38.9 Å². The average molecular weight is 162 g/mol. The summed E-state index contributed by atoms with van der Waals surface area (Å²) >= 11 is 0. The van der Waals surface area contributed by atoms with Crippen LogP contribution in [0.1, 0.15) is 32.6 Å². The lowest BCUT2D eigenvalue weighted by molar-refractivity contribution is -0.0611. The molecule has 0 atom stereocenters. The molecule has 0 aliphatic rings. The van der Waals surface area contributed by atoms with Crippen LogP contribution in [0.15, 0.2) is 0 Å². The van der Waals surface area contributed by atoms with Crippen molar-refractivity contribution < 1.29 is 14.9 Å². The Labute approximate surface area is 68.0 Å². The van der Waals surface area contributed by atoms with Crippen molar-refractivity contribution in [2.24, 2.45) is 0 Å². The second kappa shape index (κ2) is 7.98. The normalized spacial score (nSPS) is 10.9. The van der Waals surface area contributed by atoms with Gasteiger partial charge in [0.05, 0.1) is 6.61 Å². The van der Waals surface area contributed by atoms with Gasteiger partial charge in [0, 0.05) is 13.0 Å². The maximum atomic E-state index is 8.43. The first-order valence-corrected chi connectivity index (χ1v) is 4.21. The van der Waals surface area contributed by atoms with Crippen molar-refractivity contribution in [1.82, 2.24) is 0 Å². The number of ether oxygens (including phenoxy) is 1. The summed E-state index contributed by atoms with van der Waals surface area (Å²) in [7, 11) is 0. The molecule has 0 spiro atoms. The molecule has 0 aromatic carbocycles. The number of hydrogen-bond donors (Lipinski definition) is 2. The van der Waals surface area contributed by atoms with Crippen molar-refractivity contribution in [3.63, 3.8) is 0 Å². The molecule has 0 saturated carbocycles. The van der Waals surface area contributed by atoms with E-state index in [0.717, 1.165) is 13.0 Å². The maximum absolute atomic E-state index is 8.43. The predicted molar refractivity (Wildman–Crippen MR) is 43.2 cm³/mol. The molecule has 0 heterocycles. The van der Waals surface area contributed by atoms with Gasteiger partial charge in [0.2, 0.25) is 0 Å². The van der Waals surface area contributed by atoms with Crippen LogP contribution in [0.2, 0.25) is 0 Å². The zero-order valence-corrected chi connectivity index (χ0v) is 7.12. The van der Waals surface area contributed by atoms with E-state index in [1.165, 1.54) is 12.8 Å². The summed E-state index contributed by atoms with van der Waals surface area (Å²) in [6.45, 7) is 3.32. The molecule has 0 bridgehead atoms. The lowest BCUT2D eigenvalue weighted by atomic mass is 10.3. The standard InChI is InChI=1S/C8H18O3/c1-2-3-4-6-11-7-5-8(9)10/h8-10H,2-7H2,1H3. The molecular formula is C8H18O3. The summed E-state index contributed by atoms with van der Waals surface area (Å²) < 4.78 is 5.13. The quantitative estimate of drug-likeness (QED) is 0.432. The number of aliphatic hydroxyl groups excluding tert-OH is 1. The number of rotatable bonds is 7. The van der Waals surface area contributed by atoms with Crippen LogP contribution in [0.5, 0.6) is 0 Å². The van der Waals surface area contributed by atoms with Gasteiger partial charge in [0.1, 0.15) is 0 Å². The molecule has 0 unspecified atom stereocenters. The smallest absolute Gasteiger partial charge is 0.153 e. The van der Waals surface area contributed by atoms with Crippen molar-refractivity contribution in [3.05, 3.63) is 0 Å². The van der Waals surface area contributed by atoms with E-state index in [2.05, 4.69) is 6.92 Å². The van der Waals surface area contributed by atoms with Crippen molar-refractivity contribution >= 4 is 0 Å². The van der Waals surface area contributed by atoms with Crippen LogP contribution < -0.4 is 0 Å². The van der Waals surface area contributed by atoms with Gasteiger partial charge in [0.25, 0.3) is 0 Å². The highest BCUT2D eigenvalue weighted by Gasteiger charge is 1.95. The lowest BCUT2D eigenvalue weighted by Gasteiger charge is -2.04. The van der Waals surface area contributed by atoms with Gasteiger partial charge in [-0.3, -0.25) is 0 Å². The molecule has 0 aromatic rings. The fraction of sp³-hybridized carbons (Fsp3) is 1.00. The Morgan fingerprint density at radius 3 is 2.45 bits per heavy atom. The van der Waals surface area contributed by atoms with Crippen LogP contribution in [0.25, 0.3) is 0 Å². The molecule has 3 heteroatoms. The second-order valence-corrected chi connectivity index (χ2v) is 2.59. The fourth-order valence-corrected chi connectivity index (χ4v) is 0.745. The van der Waals surface area contributed by atoms with E-state index in [0.29, 0.717) is 13.0 Å². The van der Waals surface area contributed by atoms with Crippen LogP contribution in [-0.4, -0.2) is 29.7 Å². The van der Waals surface area contributed by atoms with E-state index >= 15 is 0 Å². The first-order chi connectivity index (χ1) is 5.27. The summed E-state index contributed by atoms with van der Waals surface area (Å²) in [5.74, 6) is 0. The lowest BCUT2D eigenvalue weighted by Crippen LogP contribution is -2.09. The fourth-order valence-electron chi connectivity index (χ4n) is 0.745. The molecule has 3 nitrogen and oxygen atoms in total. The van der Waals surface area contributed by atoms with E-state index in [-0.39, 0.29) is 0 Å². The minimum Gasteiger partial charge on any atom is -0.381 e.